The molecule has 3 N–H and O–H groups in total. The topological polar surface area (TPSA) is 59.1 Å². The van der Waals surface area contributed by atoms with Gasteiger partial charge in [0.05, 0.1) is 0 Å². The molecule has 1 aromatic heterocycles. The molecule has 0 saturated carbocycles. The minimum Gasteiger partial charge on any atom is -0.338 e. The van der Waals surface area contributed by atoms with E-state index in [-0.39, 0.29) is 0 Å². The zero-order valence-electron chi connectivity index (χ0n) is 9.89. The molecule has 1 aliphatic rings. The second-order valence-electron chi connectivity index (χ2n) is 4.33. The minimum absolute atomic E-state index is 0.481. The largest absolute Gasteiger partial charge is 0.338 e. The monoisotopic (exact) mass is 223 g/mol. The summed E-state index contributed by atoms with van der Waals surface area (Å²) in [7, 11) is 2.04. The number of nitrogens with one attached hydrogen (secondary N) is 1. The van der Waals surface area contributed by atoms with Crippen molar-refractivity contribution in [1.29, 1.82) is 0 Å². The Hall–Kier alpha value is -0.910. The standard InChI is InChI=1S/C11H21N5/c1-15-6-4-14-11(15)2-5-16-7-3-13-9-10(16)8-12/h4,6,10,13H,2-3,5,7-9,12H2,1H3. The summed E-state index contributed by atoms with van der Waals surface area (Å²) in [6.45, 7) is 4.95. The van der Waals surface area contributed by atoms with Crippen LogP contribution in [0.25, 0.3) is 0 Å². The Kier molecular flexibility index (Phi) is 3.93. The molecule has 1 atom stereocenters. The van der Waals surface area contributed by atoms with E-state index in [0.717, 1.165) is 45.0 Å². The summed E-state index contributed by atoms with van der Waals surface area (Å²) in [5.41, 5.74) is 5.77. The molecule has 0 radical (unpaired) electrons. The number of imidazole rings is 1. The Labute approximate surface area is 96.6 Å². The second kappa shape index (κ2) is 5.43. The predicted octanol–water partition coefficient (Wildman–Crippen LogP) is -0.805. The molecule has 1 aromatic rings. The van der Waals surface area contributed by atoms with Gasteiger partial charge in [-0.25, -0.2) is 4.98 Å². The molecule has 90 valence electrons. The van der Waals surface area contributed by atoms with Crippen LogP contribution in [-0.2, 0) is 13.5 Å². The van der Waals surface area contributed by atoms with E-state index in [0.29, 0.717) is 6.04 Å². The van der Waals surface area contributed by atoms with Crippen LogP contribution in [0.2, 0.25) is 0 Å². The third-order valence-corrected chi connectivity index (χ3v) is 3.29. The summed E-state index contributed by atoms with van der Waals surface area (Å²) in [5.74, 6) is 1.15. The zero-order chi connectivity index (χ0) is 11.4. The molecule has 0 aromatic carbocycles. The SMILES string of the molecule is Cn1ccnc1CCN1CCNCC1CN. The fraction of sp³-hybridized carbons (Fsp3) is 0.727. The molecule has 2 rings (SSSR count). The van der Waals surface area contributed by atoms with Crippen molar-refractivity contribution in [3.8, 4) is 0 Å². The number of nitrogens with zero attached hydrogens (tertiary/aromatic N) is 3. The first kappa shape index (κ1) is 11.6. The van der Waals surface area contributed by atoms with Crippen molar-refractivity contribution in [2.75, 3.05) is 32.7 Å². The summed E-state index contributed by atoms with van der Waals surface area (Å²) < 4.78 is 2.08. The van der Waals surface area contributed by atoms with Crippen molar-refractivity contribution in [1.82, 2.24) is 19.8 Å². The molecule has 1 unspecified atom stereocenters. The lowest BCUT2D eigenvalue weighted by atomic mass is 10.2. The van der Waals surface area contributed by atoms with E-state index in [4.69, 9.17) is 5.73 Å². The summed E-state index contributed by atoms with van der Waals surface area (Å²) in [5, 5.41) is 3.38. The van der Waals surface area contributed by atoms with E-state index in [1.807, 2.05) is 19.4 Å². The zero-order valence-corrected chi connectivity index (χ0v) is 9.89. The summed E-state index contributed by atoms with van der Waals surface area (Å²) in [4.78, 5) is 6.80. The molecule has 0 amide bonds. The number of aromatic nitrogens is 2. The van der Waals surface area contributed by atoms with Crippen LogP contribution in [0.4, 0.5) is 0 Å². The minimum atomic E-state index is 0.481. The van der Waals surface area contributed by atoms with Gasteiger partial charge in [0.1, 0.15) is 5.82 Å². The summed E-state index contributed by atoms with van der Waals surface area (Å²) >= 11 is 0. The van der Waals surface area contributed by atoms with E-state index < -0.39 is 0 Å². The number of rotatable bonds is 4. The maximum absolute atomic E-state index is 5.77. The van der Waals surface area contributed by atoms with Gasteiger partial charge in [-0.05, 0) is 0 Å². The van der Waals surface area contributed by atoms with Gasteiger partial charge in [-0.2, -0.15) is 0 Å². The fourth-order valence-corrected chi connectivity index (χ4v) is 2.21. The fourth-order valence-electron chi connectivity index (χ4n) is 2.21. The third kappa shape index (κ3) is 2.61. The second-order valence-corrected chi connectivity index (χ2v) is 4.33. The van der Waals surface area contributed by atoms with Crippen LogP contribution < -0.4 is 11.1 Å². The van der Waals surface area contributed by atoms with Gasteiger partial charge < -0.3 is 15.6 Å². The molecular formula is C11H21N5. The van der Waals surface area contributed by atoms with Crippen LogP contribution in [0.3, 0.4) is 0 Å². The first-order chi connectivity index (χ1) is 7.81. The van der Waals surface area contributed by atoms with Gasteiger partial charge in [-0.3, -0.25) is 4.90 Å². The van der Waals surface area contributed by atoms with E-state index in [2.05, 4.69) is 19.8 Å². The van der Waals surface area contributed by atoms with Gasteiger partial charge in [-0.15, -0.1) is 0 Å². The first-order valence-electron chi connectivity index (χ1n) is 5.92. The number of hydrogen-bond donors (Lipinski definition) is 2. The van der Waals surface area contributed by atoms with Crippen LogP contribution in [0.15, 0.2) is 12.4 Å². The van der Waals surface area contributed by atoms with Crippen molar-refractivity contribution in [3.63, 3.8) is 0 Å². The van der Waals surface area contributed by atoms with Crippen LogP contribution in [0.1, 0.15) is 5.82 Å². The number of nitrogens with two attached hydrogens (primary N) is 1. The van der Waals surface area contributed by atoms with Gasteiger partial charge in [0.2, 0.25) is 0 Å². The van der Waals surface area contributed by atoms with Crippen molar-refractivity contribution < 1.29 is 0 Å². The lowest BCUT2D eigenvalue weighted by molar-refractivity contribution is 0.166. The lowest BCUT2D eigenvalue weighted by Crippen LogP contribution is -2.54. The van der Waals surface area contributed by atoms with Gasteiger partial charge in [0, 0.05) is 64.6 Å². The van der Waals surface area contributed by atoms with Crippen LogP contribution in [0, 0.1) is 0 Å². The van der Waals surface area contributed by atoms with Crippen molar-refractivity contribution in [2.45, 2.75) is 12.5 Å². The van der Waals surface area contributed by atoms with E-state index in [1.165, 1.54) is 0 Å². The Morgan fingerprint density at radius 2 is 2.50 bits per heavy atom. The average Bonchev–Trinajstić information content (AvgIpc) is 2.72. The highest BCUT2D eigenvalue weighted by Crippen LogP contribution is 2.04. The van der Waals surface area contributed by atoms with Gasteiger partial charge in [-0.1, -0.05) is 0 Å². The first-order valence-corrected chi connectivity index (χ1v) is 5.92. The summed E-state index contributed by atoms with van der Waals surface area (Å²) in [6, 6.07) is 0.481. The number of piperazine rings is 1. The van der Waals surface area contributed by atoms with E-state index in [9.17, 15) is 0 Å². The number of hydrogen-bond acceptors (Lipinski definition) is 4. The molecule has 0 aliphatic carbocycles. The Balaban J connectivity index is 1.86. The van der Waals surface area contributed by atoms with Crippen molar-refractivity contribution in [2.24, 2.45) is 12.8 Å². The van der Waals surface area contributed by atoms with Crippen LogP contribution in [0.5, 0.6) is 0 Å². The Bertz CT molecular complexity index is 322. The molecule has 2 heterocycles. The Morgan fingerprint density at radius 1 is 1.62 bits per heavy atom. The predicted molar refractivity (Wildman–Crippen MR) is 64.2 cm³/mol. The van der Waals surface area contributed by atoms with Gasteiger partial charge in [0.15, 0.2) is 0 Å². The summed E-state index contributed by atoms with van der Waals surface area (Å²) in [6.07, 6.45) is 4.85. The van der Waals surface area contributed by atoms with Gasteiger partial charge >= 0.3 is 0 Å². The molecule has 1 fully saturated rings. The van der Waals surface area contributed by atoms with E-state index >= 15 is 0 Å². The molecular weight excluding hydrogens is 202 g/mol. The normalized spacial score (nSPS) is 22.5. The molecule has 1 aliphatic heterocycles. The maximum Gasteiger partial charge on any atom is 0.109 e. The maximum atomic E-state index is 5.77. The Morgan fingerprint density at radius 3 is 3.19 bits per heavy atom. The molecule has 16 heavy (non-hydrogen) atoms. The molecule has 1 saturated heterocycles. The molecule has 0 spiro atoms. The average molecular weight is 223 g/mol. The van der Waals surface area contributed by atoms with E-state index in [1.54, 1.807) is 0 Å². The quantitative estimate of drug-likeness (QED) is 0.701. The van der Waals surface area contributed by atoms with Crippen molar-refractivity contribution >= 4 is 0 Å². The molecule has 5 heteroatoms. The van der Waals surface area contributed by atoms with Crippen molar-refractivity contribution in [3.05, 3.63) is 18.2 Å². The van der Waals surface area contributed by atoms with Gasteiger partial charge in [0.25, 0.3) is 0 Å². The third-order valence-electron chi connectivity index (χ3n) is 3.29. The highest BCUT2D eigenvalue weighted by atomic mass is 15.2. The highest BCUT2D eigenvalue weighted by molar-refractivity contribution is 4.93. The molecule has 0 bridgehead atoms. The smallest absolute Gasteiger partial charge is 0.109 e. The van der Waals surface area contributed by atoms with Crippen LogP contribution in [-0.4, -0.2) is 53.2 Å². The highest BCUT2D eigenvalue weighted by Gasteiger charge is 2.20. The van der Waals surface area contributed by atoms with Crippen LogP contribution >= 0.6 is 0 Å². The lowest BCUT2D eigenvalue weighted by Gasteiger charge is -2.35. The number of aryl methyl sites for hydroxylation is 1. The molecule has 5 nitrogen and oxygen atoms in total.